The number of hydrogen-bond acceptors (Lipinski definition) is 0. The van der Waals surface area contributed by atoms with Crippen LogP contribution in [0.25, 0.3) is 0 Å². The van der Waals surface area contributed by atoms with E-state index in [1.165, 1.54) is 5.56 Å². The van der Waals surface area contributed by atoms with Crippen LogP contribution in [-0.4, -0.2) is 24.4 Å². The lowest BCUT2D eigenvalue weighted by Gasteiger charge is -2.12. The zero-order chi connectivity index (χ0) is 9.10. The molecule has 1 aliphatic heterocycles. The second-order valence-corrected chi connectivity index (χ2v) is 3.49. The second-order valence-electron chi connectivity index (χ2n) is 3.49. The number of hydrogen-bond donors (Lipinski definition) is 0. The molecule has 0 aliphatic carbocycles. The van der Waals surface area contributed by atoms with E-state index in [0.29, 0.717) is 5.92 Å². The molecular formula is C12H14N+. The van der Waals surface area contributed by atoms with Crippen LogP contribution in [0.1, 0.15) is 11.5 Å². The zero-order valence-corrected chi connectivity index (χ0v) is 7.85. The first kappa shape index (κ1) is 8.24. The van der Waals surface area contributed by atoms with Crippen molar-refractivity contribution in [3.8, 4) is 0 Å². The molecule has 2 rings (SSSR count). The SMILES string of the molecule is C[N+]1=CC=CC(c2ccccc2)C1. The van der Waals surface area contributed by atoms with Crippen LogP contribution in [0.4, 0.5) is 0 Å². The van der Waals surface area contributed by atoms with Gasteiger partial charge in [0.15, 0.2) is 12.8 Å². The Bertz CT molecular complexity index is 335. The number of allylic oxidation sites excluding steroid dienone is 1. The minimum Gasteiger partial charge on any atom is -0.238 e. The monoisotopic (exact) mass is 172 g/mol. The van der Waals surface area contributed by atoms with E-state index < -0.39 is 0 Å². The van der Waals surface area contributed by atoms with Crippen molar-refractivity contribution < 1.29 is 4.58 Å². The van der Waals surface area contributed by atoms with E-state index >= 15 is 0 Å². The fraction of sp³-hybridized carbons (Fsp3) is 0.250. The van der Waals surface area contributed by atoms with Gasteiger partial charge in [0.25, 0.3) is 0 Å². The highest BCUT2D eigenvalue weighted by molar-refractivity contribution is 5.67. The van der Waals surface area contributed by atoms with Crippen molar-refractivity contribution in [3.05, 3.63) is 48.0 Å². The number of benzene rings is 1. The molecule has 1 aliphatic rings. The maximum Gasteiger partial charge on any atom is 0.162 e. The lowest BCUT2D eigenvalue weighted by Crippen LogP contribution is -2.18. The van der Waals surface area contributed by atoms with E-state index in [4.69, 9.17) is 0 Å². The normalized spacial score (nSPS) is 21.3. The van der Waals surface area contributed by atoms with E-state index in [-0.39, 0.29) is 0 Å². The van der Waals surface area contributed by atoms with Crippen molar-refractivity contribution in [1.29, 1.82) is 0 Å². The van der Waals surface area contributed by atoms with Crippen molar-refractivity contribution in [1.82, 2.24) is 0 Å². The predicted molar refractivity (Wildman–Crippen MR) is 55.4 cm³/mol. The molecule has 0 amide bonds. The summed E-state index contributed by atoms with van der Waals surface area (Å²) in [4.78, 5) is 0. The fourth-order valence-electron chi connectivity index (χ4n) is 1.68. The Hall–Kier alpha value is -1.37. The van der Waals surface area contributed by atoms with Crippen LogP contribution in [0.3, 0.4) is 0 Å². The molecule has 0 saturated heterocycles. The van der Waals surface area contributed by atoms with Crippen molar-refractivity contribution in [2.24, 2.45) is 0 Å². The Labute approximate surface area is 79.0 Å². The van der Waals surface area contributed by atoms with E-state index in [0.717, 1.165) is 6.54 Å². The summed E-state index contributed by atoms with van der Waals surface area (Å²) in [5.74, 6) is 0.552. The minimum atomic E-state index is 0.552. The number of rotatable bonds is 1. The van der Waals surface area contributed by atoms with Crippen LogP contribution >= 0.6 is 0 Å². The topological polar surface area (TPSA) is 3.01 Å². The smallest absolute Gasteiger partial charge is 0.162 e. The summed E-state index contributed by atoms with van der Waals surface area (Å²) in [6, 6.07) is 10.6. The van der Waals surface area contributed by atoms with Gasteiger partial charge in [-0.25, -0.2) is 4.58 Å². The Morgan fingerprint density at radius 1 is 1.23 bits per heavy atom. The lowest BCUT2D eigenvalue weighted by molar-refractivity contribution is -0.494. The number of nitrogens with zero attached hydrogens (tertiary/aromatic N) is 1. The summed E-state index contributed by atoms with van der Waals surface area (Å²) in [6.45, 7) is 1.08. The van der Waals surface area contributed by atoms with Gasteiger partial charge in [0.2, 0.25) is 0 Å². The van der Waals surface area contributed by atoms with Crippen molar-refractivity contribution >= 4 is 6.21 Å². The van der Waals surface area contributed by atoms with Gasteiger partial charge >= 0.3 is 0 Å². The lowest BCUT2D eigenvalue weighted by atomic mass is 9.97. The molecule has 0 N–H and O–H groups in total. The highest BCUT2D eigenvalue weighted by Crippen LogP contribution is 2.18. The minimum absolute atomic E-state index is 0.552. The van der Waals surface area contributed by atoms with E-state index in [1.807, 2.05) is 0 Å². The molecule has 0 saturated carbocycles. The summed E-state index contributed by atoms with van der Waals surface area (Å²) in [5, 5.41) is 0. The Balaban J connectivity index is 2.21. The summed E-state index contributed by atoms with van der Waals surface area (Å²) in [6.07, 6.45) is 6.50. The summed E-state index contributed by atoms with van der Waals surface area (Å²) in [5.41, 5.74) is 1.40. The van der Waals surface area contributed by atoms with Gasteiger partial charge in [-0.15, -0.1) is 0 Å². The van der Waals surface area contributed by atoms with Gasteiger partial charge in [-0.1, -0.05) is 36.4 Å². The first-order valence-corrected chi connectivity index (χ1v) is 4.63. The second kappa shape index (κ2) is 3.56. The average molecular weight is 172 g/mol. The van der Waals surface area contributed by atoms with Gasteiger partial charge in [-0.05, 0) is 11.6 Å². The van der Waals surface area contributed by atoms with E-state index in [2.05, 4.69) is 60.3 Å². The predicted octanol–water partition coefficient (Wildman–Crippen LogP) is 2.05. The Morgan fingerprint density at radius 2 is 2.00 bits per heavy atom. The van der Waals surface area contributed by atoms with Crippen LogP contribution in [0.5, 0.6) is 0 Å². The van der Waals surface area contributed by atoms with Gasteiger partial charge in [-0.2, -0.15) is 0 Å². The Morgan fingerprint density at radius 3 is 2.69 bits per heavy atom. The third-order valence-electron chi connectivity index (χ3n) is 2.40. The summed E-state index contributed by atoms with van der Waals surface area (Å²) < 4.78 is 2.22. The average Bonchev–Trinajstić information content (AvgIpc) is 2.19. The summed E-state index contributed by atoms with van der Waals surface area (Å²) >= 11 is 0. The molecule has 1 heteroatoms. The fourth-order valence-corrected chi connectivity index (χ4v) is 1.68. The molecule has 13 heavy (non-hydrogen) atoms. The van der Waals surface area contributed by atoms with Crippen LogP contribution in [0.2, 0.25) is 0 Å². The van der Waals surface area contributed by atoms with Gasteiger partial charge in [0.1, 0.15) is 7.05 Å². The third kappa shape index (κ3) is 1.86. The molecular weight excluding hydrogens is 158 g/mol. The van der Waals surface area contributed by atoms with Crippen LogP contribution in [0, 0.1) is 0 Å². The van der Waals surface area contributed by atoms with Gasteiger partial charge in [-0.3, -0.25) is 0 Å². The zero-order valence-electron chi connectivity index (χ0n) is 7.85. The molecule has 0 radical (unpaired) electrons. The van der Waals surface area contributed by atoms with Gasteiger partial charge < -0.3 is 0 Å². The van der Waals surface area contributed by atoms with Gasteiger partial charge in [0, 0.05) is 0 Å². The van der Waals surface area contributed by atoms with Crippen LogP contribution in [0.15, 0.2) is 42.5 Å². The van der Waals surface area contributed by atoms with E-state index in [9.17, 15) is 0 Å². The van der Waals surface area contributed by atoms with Crippen LogP contribution in [-0.2, 0) is 0 Å². The molecule has 1 atom stereocenters. The maximum atomic E-state index is 2.26. The standard InChI is InChI=1S/C12H14N/c1-13-9-5-8-12(10-13)11-6-3-2-4-7-11/h2-9,12H,10H2,1H3/q+1. The maximum absolute atomic E-state index is 2.26. The quantitative estimate of drug-likeness (QED) is 0.570. The highest BCUT2D eigenvalue weighted by atomic mass is 15.0. The molecule has 0 bridgehead atoms. The molecule has 1 nitrogen and oxygen atoms in total. The summed E-state index contributed by atoms with van der Waals surface area (Å²) in [7, 11) is 2.11. The largest absolute Gasteiger partial charge is 0.238 e. The molecule has 1 aromatic carbocycles. The van der Waals surface area contributed by atoms with Crippen molar-refractivity contribution in [2.45, 2.75) is 5.92 Å². The molecule has 1 heterocycles. The first-order chi connectivity index (χ1) is 6.36. The third-order valence-corrected chi connectivity index (χ3v) is 2.40. The number of likely N-dealkylation sites (N-methyl/N-ethyl adjacent to an activating group) is 1. The molecule has 66 valence electrons. The first-order valence-electron chi connectivity index (χ1n) is 4.63. The molecule has 0 aromatic heterocycles. The van der Waals surface area contributed by atoms with Crippen molar-refractivity contribution in [3.63, 3.8) is 0 Å². The molecule has 0 fully saturated rings. The van der Waals surface area contributed by atoms with Crippen molar-refractivity contribution in [2.75, 3.05) is 13.6 Å². The molecule has 1 aromatic rings. The van der Waals surface area contributed by atoms with E-state index in [1.54, 1.807) is 0 Å². The highest BCUT2D eigenvalue weighted by Gasteiger charge is 2.14. The Kier molecular flexibility index (Phi) is 2.26. The van der Waals surface area contributed by atoms with Crippen LogP contribution < -0.4 is 0 Å². The molecule has 0 spiro atoms. The molecule has 1 unspecified atom stereocenters. The van der Waals surface area contributed by atoms with Gasteiger partial charge in [0.05, 0.1) is 5.92 Å².